The van der Waals surface area contributed by atoms with E-state index in [0.717, 1.165) is 5.92 Å². The second-order valence-corrected chi connectivity index (χ2v) is 6.61. The van der Waals surface area contributed by atoms with Crippen LogP contribution in [0.2, 0.25) is 0 Å². The van der Waals surface area contributed by atoms with Gasteiger partial charge in [0.2, 0.25) is 0 Å². The largest absolute Gasteiger partial charge is 0.306 e. The maximum absolute atomic E-state index is 2.48. The van der Waals surface area contributed by atoms with E-state index in [0.29, 0.717) is 5.41 Å². The molecule has 0 unspecified atom stereocenters. The quantitative estimate of drug-likeness (QED) is 0.778. The molecule has 0 amide bonds. The lowest BCUT2D eigenvalue weighted by Gasteiger charge is -2.31. The lowest BCUT2D eigenvalue weighted by molar-refractivity contribution is 0.189. The van der Waals surface area contributed by atoms with E-state index in [-0.39, 0.29) is 0 Å². The summed E-state index contributed by atoms with van der Waals surface area (Å²) in [6.07, 6.45) is 8.58. The molecule has 1 aromatic rings. The van der Waals surface area contributed by atoms with Gasteiger partial charge in [0.15, 0.2) is 0 Å². The molecule has 1 nitrogen and oxygen atoms in total. The van der Waals surface area contributed by atoms with Gasteiger partial charge in [-0.3, -0.25) is 0 Å². The number of nitrogens with zero attached hydrogens (tertiary/aromatic N) is 1. The zero-order valence-corrected chi connectivity index (χ0v) is 11.6. The molecule has 98 valence electrons. The molecule has 1 saturated carbocycles. The highest BCUT2D eigenvalue weighted by molar-refractivity contribution is 5.18. The van der Waals surface area contributed by atoms with Crippen LogP contribution in [0.15, 0.2) is 30.3 Å². The highest BCUT2D eigenvalue weighted by atomic mass is 15.1. The predicted molar refractivity (Wildman–Crippen MR) is 76.7 cm³/mol. The summed E-state index contributed by atoms with van der Waals surface area (Å²) in [4.78, 5) is 2.48. The van der Waals surface area contributed by atoms with Crippen molar-refractivity contribution in [2.45, 2.75) is 38.5 Å². The fourth-order valence-corrected chi connectivity index (χ4v) is 3.54. The Morgan fingerprint density at radius 2 is 1.78 bits per heavy atom. The molecule has 1 aliphatic carbocycles. The van der Waals surface area contributed by atoms with Crippen LogP contribution >= 0.6 is 0 Å². The van der Waals surface area contributed by atoms with Gasteiger partial charge in [-0.1, -0.05) is 30.3 Å². The van der Waals surface area contributed by atoms with E-state index >= 15 is 0 Å². The van der Waals surface area contributed by atoms with Crippen molar-refractivity contribution in [1.82, 2.24) is 4.90 Å². The third kappa shape index (κ3) is 2.95. The molecule has 0 radical (unpaired) electrons. The molecule has 3 rings (SSSR count). The average molecular weight is 243 g/mol. The predicted octanol–water partition coefficient (Wildman–Crippen LogP) is 3.74. The second kappa shape index (κ2) is 5.05. The van der Waals surface area contributed by atoms with Crippen LogP contribution in [0.3, 0.4) is 0 Å². The molecule has 2 fully saturated rings. The first kappa shape index (κ1) is 12.2. The lowest BCUT2D eigenvalue weighted by atomic mass is 9.82. The number of benzene rings is 1. The summed E-state index contributed by atoms with van der Waals surface area (Å²) in [5.41, 5.74) is 2.23. The molecule has 1 saturated heterocycles. The van der Waals surface area contributed by atoms with E-state index in [1.54, 1.807) is 5.56 Å². The normalized spacial score (nSPS) is 24.1. The Balaban J connectivity index is 1.56. The lowest BCUT2D eigenvalue weighted by Crippen LogP contribution is -2.31. The highest BCUT2D eigenvalue weighted by Gasteiger charge is 2.43. The van der Waals surface area contributed by atoms with Gasteiger partial charge in [0.05, 0.1) is 0 Å². The van der Waals surface area contributed by atoms with Gasteiger partial charge in [-0.2, -0.15) is 0 Å². The van der Waals surface area contributed by atoms with E-state index in [4.69, 9.17) is 0 Å². The van der Waals surface area contributed by atoms with Crippen LogP contribution in [0.25, 0.3) is 0 Å². The molecule has 0 atom stereocenters. The first-order chi connectivity index (χ1) is 8.76. The van der Waals surface area contributed by atoms with E-state index in [9.17, 15) is 0 Å². The first-order valence-corrected chi connectivity index (χ1v) is 7.48. The Morgan fingerprint density at radius 1 is 1.11 bits per heavy atom. The zero-order valence-electron chi connectivity index (χ0n) is 11.6. The van der Waals surface area contributed by atoms with E-state index in [1.807, 2.05) is 0 Å². The van der Waals surface area contributed by atoms with Gasteiger partial charge in [0, 0.05) is 0 Å². The van der Waals surface area contributed by atoms with Gasteiger partial charge in [0.25, 0.3) is 0 Å². The van der Waals surface area contributed by atoms with Crippen LogP contribution in [-0.2, 0) is 6.42 Å². The zero-order chi connectivity index (χ0) is 12.4. The van der Waals surface area contributed by atoms with Gasteiger partial charge >= 0.3 is 0 Å². The Morgan fingerprint density at radius 3 is 2.39 bits per heavy atom. The second-order valence-electron chi connectivity index (χ2n) is 6.61. The number of rotatable bonds is 4. The van der Waals surface area contributed by atoms with Crippen LogP contribution < -0.4 is 0 Å². The summed E-state index contributed by atoms with van der Waals surface area (Å²) >= 11 is 0. The van der Waals surface area contributed by atoms with Crippen LogP contribution in [0.5, 0.6) is 0 Å². The SMILES string of the molecule is CN1CCC(CC2(Cc3ccccc3)CC2)CC1. The Bertz CT molecular complexity index is 372. The number of hydrogen-bond donors (Lipinski definition) is 0. The summed E-state index contributed by atoms with van der Waals surface area (Å²) in [6, 6.07) is 11.1. The third-order valence-corrected chi connectivity index (χ3v) is 4.94. The molecule has 0 N–H and O–H groups in total. The monoisotopic (exact) mass is 243 g/mol. The molecule has 1 aliphatic heterocycles. The number of hydrogen-bond acceptors (Lipinski definition) is 1. The van der Waals surface area contributed by atoms with Gasteiger partial charge in [-0.25, -0.2) is 0 Å². The molecule has 0 aromatic heterocycles. The van der Waals surface area contributed by atoms with E-state index in [2.05, 4.69) is 42.3 Å². The molecule has 0 spiro atoms. The molecular weight excluding hydrogens is 218 g/mol. The maximum atomic E-state index is 2.48. The fourth-order valence-electron chi connectivity index (χ4n) is 3.54. The van der Waals surface area contributed by atoms with Gasteiger partial charge in [-0.05, 0) is 75.6 Å². The van der Waals surface area contributed by atoms with Crippen molar-refractivity contribution < 1.29 is 0 Å². The third-order valence-electron chi connectivity index (χ3n) is 4.94. The molecule has 1 heteroatoms. The summed E-state index contributed by atoms with van der Waals surface area (Å²) < 4.78 is 0. The summed E-state index contributed by atoms with van der Waals surface area (Å²) in [5, 5.41) is 0. The minimum atomic E-state index is 0.682. The topological polar surface area (TPSA) is 3.24 Å². The highest BCUT2D eigenvalue weighted by Crippen LogP contribution is 2.54. The van der Waals surface area contributed by atoms with Gasteiger partial charge < -0.3 is 4.90 Å². The summed E-state index contributed by atoms with van der Waals surface area (Å²) in [6.45, 7) is 2.62. The smallest absolute Gasteiger partial charge is 0.00191 e. The Kier molecular flexibility index (Phi) is 3.43. The maximum Gasteiger partial charge on any atom is -0.00191 e. The van der Waals surface area contributed by atoms with Gasteiger partial charge in [-0.15, -0.1) is 0 Å². The van der Waals surface area contributed by atoms with Crippen molar-refractivity contribution >= 4 is 0 Å². The number of piperidine rings is 1. The minimum absolute atomic E-state index is 0.682. The van der Waals surface area contributed by atoms with Crippen LogP contribution in [0, 0.1) is 11.3 Å². The van der Waals surface area contributed by atoms with Crippen molar-refractivity contribution in [3.8, 4) is 0 Å². The summed E-state index contributed by atoms with van der Waals surface area (Å²) in [7, 11) is 2.26. The molecular formula is C17H25N. The van der Waals surface area contributed by atoms with Crippen LogP contribution in [0.4, 0.5) is 0 Å². The van der Waals surface area contributed by atoms with Crippen molar-refractivity contribution in [2.24, 2.45) is 11.3 Å². The minimum Gasteiger partial charge on any atom is -0.306 e. The van der Waals surface area contributed by atoms with Crippen LogP contribution in [-0.4, -0.2) is 25.0 Å². The molecule has 18 heavy (non-hydrogen) atoms. The van der Waals surface area contributed by atoms with Crippen molar-refractivity contribution in [3.05, 3.63) is 35.9 Å². The van der Waals surface area contributed by atoms with Crippen molar-refractivity contribution in [1.29, 1.82) is 0 Å². The van der Waals surface area contributed by atoms with E-state index in [1.165, 1.54) is 51.6 Å². The Labute approximate surface area is 111 Å². The first-order valence-electron chi connectivity index (χ1n) is 7.48. The molecule has 1 aromatic carbocycles. The average Bonchev–Trinajstić information content (AvgIpc) is 3.13. The van der Waals surface area contributed by atoms with Gasteiger partial charge in [0.1, 0.15) is 0 Å². The fraction of sp³-hybridized carbons (Fsp3) is 0.647. The molecule has 1 heterocycles. The van der Waals surface area contributed by atoms with Crippen molar-refractivity contribution in [2.75, 3.05) is 20.1 Å². The summed E-state index contributed by atoms with van der Waals surface area (Å²) in [5.74, 6) is 0.993. The van der Waals surface area contributed by atoms with E-state index < -0.39 is 0 Å². The standard InChI is InChI=1S/C17H25N/c1-18-11-7-16(8-12-18)14-17(9-10-17)13-15-5-3-2-4-6-15/h2-6,16H,7-14H2,1H3. The number of likely N-dealkylation sites (tertiary alicyclic amines) is 1. The van der Waals surface area contributed by atoms with Crippen LogP contribution in [0.1, 0.15) is 37.7 Å². The molecule has 2 aliphatic rings. The molecule has 0 bridgehead atoms. The Hall–Kier alpha value is -0.820. The van der Waals surface area contributed by atoms with Crippen molar-refractivity contribution in [3.63, 3.8) is 0 Å².